The molecule has 1 amide bonds. The molecule has 0 saturated carbocycles. The van der Waals surface area contributed by atoms with Crippen LogP contribution in [0.5, 0.6) is 0 Å². The van der Waals surface area contributed by atoms with Gasteiger partial charge in [0.15, 0.2) is 0 Å². The molecule has 1 atom stereocenters. The Morgan fingerprint density at radius 1 is 1.39 bits per heavy atom. The van der Waals surface area contributed by atoms with Gasteiger partial charge >= 0.3 is 0 Å². The topological polar surface area (TPSA) is 46.3 Å². The van der Waals surface area contributed by atoms with E-state index in [1.54, 1.807) is 11.8 Å². The van der Waals surface area contributed by atoms with Gasteiger partial charge in [-0.15, -0.1) is 0 Å². The average Bonchev–Trinajstić information content (AvgIpc) is 2.56. The maximum Gasteiger partial charge on any atom is 0.239 e. The highest BCUT2D eigenvalue weighted by Gasteiger charge is 2.26. The summed E-state index contributed by atoms with van der Waals surface area (Å²) in [5.74, 6) is 1.56. The highest BCUT2D eigenvalue weighted by Crippen LogP contribution is 2.27. The molecule has 0 aliphatic carbocycles. The smallest absolute Gasteiger partial charge is 0.239 e. The van der Waals surface area contributed by atoms with Crippen LogP contribution in [-0.4, -0.2) is 41.9 Å². The summed E-state index contributed by atoms with van der Waals surface area (Å²) in [7, 11) is 0. The van der Waals surface area contributed by atoms with Crippen LogP contribution in [0.1, 0.15) is 24.8 Å². The fraction of sp³-hybridized carbons (Fsp3) is 0.588. The van der Waals surface area contributed by atoms with E-state index in [0.29, 0.717) is 5.92 Å². The van der Waals surface area contributed by atoms with Gasteiger partial charge < -0.3 is 10.6 Å². The molecule has 1 aliphatic heterocycles. The minimum atomic E-state index is -0.360. The number of piperidine rings is 1. The van der Waals surface area contributed by atoms with Crippen LogP contribution in [0.25, 0.3) is 0 Å². The van der Waals surface area contributed by atoms with Crippen molar-refractivity contribution in [3.8, 4) is 0 Å². The van der Waals surface area contributed by atoms with Gasteiger partial charge in [0.05, 0.1) is 6.04 Å². The lowest BCUT2D eigenvalue weighted by Crippen LogP contribution is -2.47. The molecule has 1 saturated heterocycles. The number of likely N-dealkylation sites (tertiary alicyclic amines) is 1. The number of halogens is 2. The molecule has 2 rings (SSSR count). The Morgan fingerprint density at radius 2 is 2.09 bits per heavy atom. The van der Waals surface area contributed by atoms with Gasteiger partial charge in [0.2, 0.25) is 5.91 Å². The largest absolute Gasteiger partial charge is 0.341 e. The zero-order chi connectivity index (χ0) is 16.8. The Bertz CT molecular complexity index is 533. The molecule has 1 aromatic rings. The number of amides is 1. The summed E-state index contributed by atoms with van der Waals surface area (Å²) in [6, 6.07) is 5.24. The van der Waals surface area contributed by atoms with Crippen molar-refractivity contribution < 1.29 is 4.79 Å². The Morgan fingerprint density at radius 3 is 2.74 bits per heavy atom. The molecule has 1 aromatic carbocycles. The summed E-state index contributed by atoms with van der Waals surface area (Å²) >= 11 is 14.0. The van der Waals surface area contributed by atoms with Gasteiger partial charge in [0.1, 0.15) is 0 Å². The van der Waals surface area contributed by atoms with Gasteiger partial charge in [0, 0.05) is 23.1 Å². The number of nitrogens with two attached hydrogens (primary N) is 1. The molecule has 0 bridgehead atoms. The van der Waals surface area contributed by atoms with Crippen molar-refractivity contribution >= 4 is 40.9 Å². The normalized spacial score (nSPS) is 17.3. The van der Waals surface area contributed by atoms with E-state index < -0.39 is 0 Å². The minimum Gasteiger partial charge on any atom is -0.341 e. The number of hydrogen-bond acceptors (Lipinski definition) is 3. The quantitative estimate of drug-likeness (QED) is 0.822. The molecule has 0 unspecified atom stereocenters. The van der Waals surface area contributed by atoms with Crippen molar-refractivity contribution in [3.05, 3.63) is 33.8 Å². The predicted molar refractivity (Wildman–Crippen MR) is 100 cm³/mol. The van der Waals surface area contributed by atoms with Crippen LogP contribution in [0.15, 0.2) is 18.2 Å². The second kappa shape index (κ2) is 9.16. The summed E-state index contributed by atoms with van der Waals surface area (Å²) in [5, 5.41) is 1.49. The van der Waals surface area contributed by atoms with Crippen molar-refractivity contribution in [3.63, 3.8) is 0 Å². The van der Waals surface area contributed by atoms with Gasteiger partial charge in [-0.1, -0.05) is 23.2 Å². The molecule has 0 aromatic heterocycles. The molecular weight excluding hydrogens is 351 g/mol. The standard InChI is InChI=1S/C17H24Cl2N2OS/c1-23-9-6-16(20)17(22)21-7-4-12(5-8-21)10-13-11-14(18)2-3-15(13)19/h2-3,11-12,16H,4-10,20H2,1H3/t16-/m0/s1. The molecule has 1 heterocycles. The van der Waals surface area contributed by atoms with E-state index >= 15 is 0 Å². The van der Waals surface area contributed by atoms with Crippen LogP contribution < -0.4 is 5.73 Å². The minimum absolute atomic E-state index is 0.0956. The third-order valence-electron chi connectivity index (χ3n) is 4.39. The number of carbonyl (C=O) groups is 1. The first-order chi connectivity index (χ1) is 11.0. The van der Waals surface area contributed by atoms with Gasteiger partial charge in [-0.3, -0.25) is 4.79 Å². The zero-order valence-electron chi connectivity index (χ0n) is 13.4. The second-order valence-corrected chi connectivity index (χ2v) is 7.93. The summed E-state index contributed by atoms with van der Waals surface area (Å²) in [6.45, 7) is 1.57. The average molecular weight is 375 g/mol. The van der Waals surface area contributed by atoms with Gasteiger partial charge in [-0.2, -0.15) is 11.8 Å². The highest BCUT2D eigenvalue weighted by atomic mass is 35.5. The summed E-state index contributed by atoms with van der Waals surface area (Å²) in [6.07, 6.45) is 5.68. The van der Waals surface area contributed by atoms with Crippen molar-refractivity contribution in [1.29, 1.82) is 0 Å². The Kier molecular flexibility index (Phi) is 7.54. The van der Waals surface area contributed by atoms with Crippen molar-refractivity contribution in [1.82, 2.24) is 4.90 Å². The lowest BCUT2D eigenvalue weighted by Gasteiger charge is -2.33. The first kappa shape index (κ1) is 18.9. The number of hydrogen-bond donors (Lipinski definition) is 1. The third-order valence-corrected chi connectivity index (χ3v) is 5.64. The van der Waals surface area contributed by atoms with Crippen molar-refractivity contribution in [2.75, 3.05) is 25.1 Å². The number of nitrogens with zero attached hydrogens (tertiary/aromatic N) is 1. The fourth-order valence-corrected chi connectivity index (χ4v) is 3.85. The first-order valence-corrected chi connectivity index (χ1v) is 10.1. The fourth-order valence-electron chi connectivity index (χ4n) is 2.97. The lowest BCUT2D eigenvalue weighted by molar-refractivity contribution is -0.134. The van der Waals surface area contributed by atoms with E-state index in [2.05, 4.69) is 0 Å². The molecule has 23 heavy (non-hydrogen) atoms. The molecule has 128 valence electrons. The molecule has 3 nitrogen and oxygen atoms in total. The van der Waals surface area contributed by atoms with E-state index in [9.17, 15) is 4.79 Å². The molecular formula is C17H24Cl2N2OS. The predicted octanol–water partition coefficient (Wildman–Crippen LogP) is 3.85. The maximum atomic E-state index is 12.3. The maximum absolute atomic E-state index is 12.3. The van der Waals surface area contributed by atoms with E-state index in [4.69, 9.17) is 28.9 Å². The number of rotatable bonds is 6. The van der Waals surface area contributed by atoms with E-state index in [1.165, 1.54) is 0 Å². The zero-order valence-corrected chi connectivity index (χ0v) is 15.8. The van der Waals surface area contributed by atoms with Gasteiger partial charge in [0.25, 0.3) is 0 Å². The van der Waals surface area contributed by atoms with Gasteiger partial charge in [-0.25, -0.2) is 0 Å². The molecule has 2 N–H and O–H groups in total. The van der Waals surface area contributed by atoms with Crippen LogP contribution in [0, 0.1) is 5.92 Å². The van der Waals surface area contributed by atoms with E-state index in [-0.39, 0.29) is 11.9 Å². The van der Waals surface area contributed by atoms with Crippen LogP contribution in [0.2, 0.25) is 10.0 Å². The summed E-state index contributed by atoms with van der Waals surface area (Å²) in [5.41, 5.74) is 7.09. The highest BCUT2D eigenvalue weighted by molar-refractivity contribution is 7.98. The molecule has 0 radical (unpaired) electrons. The molecule has 1 aliphatic rings. The third kappa shape index (κ3) is 5.56. The lowest BCUT2D eigenvalue weighted by atomic mass is 9.90. The van der Waals surface area contributed by atoms with Crippen molar-refractivity contribution in [2.45, 2.75) is 31.7 Å². The van der Waals surface area contributed by atoms with Gasteiger partial charge in [-0.05, 0) is 67.4 Å². The Hall–Kier alpha value is -0.420. The van der Waals surface area contributed by atoms with Crippen LogP contribution in [-0.2, 0) is 11.2 Å². The van der Waals surface area contributed by atoms with Crippen molar-refractivity contribution in [2.24, 2.45) is 11.7 Å². The molecule has 1 fully saturated rings. The van der Waals surface area contributed by atoms with Crippen LogP contribution in [0.4, 0.5) is 0 Å². The second-order valence-electron chi connectivity index (χ2n) is 6.10. The van der Waals surface area contributed by atoms with Crippen LogP contribution >= 0.6 is 35.0 Å². The SMILES string of the molecule is CSCC[C@H](N)C(=O)N1CCC(Cc2cc(Cl)ccc2Cl)CC1. The van der Waals surface area contributed by atoms with E-state index in [0.717, 1.165) is 60.1 Å². The first-order valence-electron chi connectivity index (χ1n) is 7.98. The summed E-state index contributed by atoms with van der Waals surface area (Å²) < 4.78 is 0. The number of carbonyl (C=O) groups excluding carboxylic acids is 1. The molecule has 0 spiro atoms. The van der Waals surface area contributed by atoms with E-state index in [1.807, 2.05) is 29.4 Å². The molecule has 6 heteroatoms. The number of thioether (sulfide) groups is 1. The Labute approximate surface area is 152 Å². The summed E-state index contributed by atoms with van der Waals surface area (Å²) in [4.78, 5) is 14.2. The monoisotopic (exact) mass is 374 g/mol. The Balaban J connectivity index is 1.84. The van der Waals surface area contributed by atoms with Crippen LogP contribution in [0.3, 0.4) is 0 Å². The number of benzene rings is 1.